The minimum absolute atomic E-state index is 0.0549. The lowest BCUT2D eigenvalue weighted by Gasteiger charge is -2.24. The number of aryl methyl sites for hydroxylation is 2. The summed E-state index contributed by atoms with van der Waals surface area (Å²) in [7, 11) is 4.02. The van der Waals surface area contributed by atoms with E-state index >= 15 is 0 Å². The number of allylic oxidation sites excluding steroid dienone is 7. The molecule has 0 aromatic heterocycles. The monoisotopic (exact) mass is 473 g/mol. The van der Waals surface area contributed by atoms with Gasteiger partial charge in [0.2, 0.25) is 17.2 Å². The Hall–Kier alpha value is -4.44. The van der Waals surface area contributed by atoms with Gasteiger partial charge in [0, 0.05) is 42.7 Å². The van der Waals surface area contributed by atoms with Crippen LogP contribution in [0.3, 0.4) is 0 Å². The molecule has 0 saturated heterocycles. The summed E-state index contributed by atoms with van der Waals surface area (Å²) in [6, 6.07) is 24.4. The lowest BCUT2D eigenvalue weighted by atomic mass is 9.80. The Morgan fingerprint density at radius 2 is 1.19 bits per heavy atom. The molecule has 4 heteroatoms. The van der Waals surface area contributed by atoms with Crippen molar-refractivity contribution in [3.05, 3.63) is 131 Å². The first-order valence-electron chi connectivity index (χ1n) is 12.0. The van der Waals surface area contributed by atoms with E-state index in [4.69, 9.17) is 0 Å². The zero-order valence-corrected chi connectivity index (χ0v) is 21.0. The Labute approximate surface area is 212 Å². The van der Waals surface area contributed by atoms with Crippen molar-refractivity contribution >= 4 is 34.1 Å². The van der Waals surface area contributed by atoms with Gasteiger partial charge in [-0.25, -0.2) is 0 Å². The third kappa shape index (κ3) is 4.22. The summed E-state index contributed by atoms with van der Waals surface area (Å²) in [5, 5.41) is 10.8. The van der Waals surface area contributed by atoms with E-state index in [0.29, 0.717) is 11.1 Å². The Bertz CT molecular complexity index is 1480. The molecule has 178 valence electrons. The van der Waals surface area contributed by atoms with Crippen LogP contribution in [0.25, 0.3) is 5.57 Å². The van der Waals surface area contributed by atoms with Gasteiger partial charge in [-0.1, -0.05) is 47.5 Å². The van der Waals surface area contributed by atoms with E-state index in [1.54, 1.807) is 0 Å². The second-order valence-corrected chi connectivity index (χ2v) is 9.31. The van der Waals surface area contributed by atoms with E-state index < -0.39 is 0 Å². The first-order chi connectivity index (χ1) is 17.3. The van der Waals surface area contributed by atoms with Crippen molar-refractivity contribution in [2.45, 2.75) is 13.8 Å². The number of carbonyl (C=O) groups excluding carboxylic acids is 1. The van der Waals surface area contributed by atoms with Gasteiger partial charge in [-0.2, -0.15) is 4.58 Å². The molecule has 1 N–H and O–H groups in total. The maximum absolute atomic E-state index is 13.0. The van der Waals surface area contributed by atoms with Gasteiger partial charge in [-0.05, 0) is 61.4 Å². The summed E-state index contributed by atoms with van der Waals surface area (Å²) >= 11 is 0. The van der Waals surface area contributed by atoms with Gasteiger partial charge in [0.25, 0.3) is 0 Å². The molecule has 0 aliphatic heterocycles. The zero-order chi connectivity index (χ0) is 25.4. The van der Waals surface area contributed by atoms with Crippen LogP contribution < -0.4 is 4.90 Å². The number of ketones is 1. The van der Waals surface area contributed by atoms with Crippen molar-refractivity contribution in [3.8, 4) is 0 Å². The maximum Gasteiger partial charge on any atom is 0.205 e. The van der Waals surface area contributed by atoms with Gasteiger partial charge in [0.05, 0.1) is 11.1 Å². The van der Waals surface area contributed by atoms with Crippen molar-refractivity contribution in [3.63, 3.8) is 0 Å². The van der Waals surface area contributed by atoms with Crippen LogP contribution >= 0.6 is 0 Å². The van der Waals surface area contributed by atoms with E-state index in [1.807, 2.05) is 62.7 Å². The van der Waals surface area contributed by atoms with Gasteiger partial charge in [0.15, 0.2) is 0 Å². The summed E-state index contributed by atoms with van der Waals surface area (Å²) in [5.74, 6) is -0.0777. The van der Waals surface area contributed by atoms with E-state index in [-0.39, 0.29) is 11.5 Å². The zero-order valence-electron chi connectivity index (χ0n) is 21.0. The maximum atomic E-state index is 13.0. The molecule has 3 aromatic rings. The average Bonchev–Trinajstić information content (AvgIpc) is 2.90. The number of aliphatic hydroxyl groups excluding tert-OH is 1. The quantitative estimate of drug-likeness (QED) is 0.336. The average molecular weight is 474 g/mol. The van der Waals surface area contributed by atoms with Crippen LogP contribution in [0, 0.1) is 13.8 Å². The molecule has 0 heterocycles. The van der Waals surface area contributed by atoms with Crippen molar-refractivity contribution in [1.29, 1.82) is 0 Å². The molecule has 0 atom stereocenters. The number of nitrogens with zero attached hydrogens (tertiary/aromatic N) is 2. The molecule has 3 aromatic carbocycles. The Kier molecular flexibility index (Phi) is 6.03. The highest BCUT2D eigenvalue weighted by Gasteiger charge is 2.36. The SMILES string of the molecule is Cc1ccc(N(C)c2ccc(C3=C(O)C(=C4C=CC(=[N+](C)c5ccc(C)cc5)C=C4)C3=O)cc2)cc1. The molecular formula is C32H29N2O2+. The fourth-order valence-corrected chi connectivity index (χ4v) is 4.48. The minimum atomic E-state index is -0.133. The fraction of sp³-hybridized carbons (Fsp3) is 0.125. The molecule has 0 radical (unpaired) electrons. The molecule has 0 fully saturated rings. The molecule has 4 nitrogen and oxygen atoms in total. The molecule has 2 aliphatic carbocycles. The van der Waals surface area contributed by atoms with Crippen LogP contribution in [0.15, 0.2) is 114 Å². The Morgan fingerprint density at radius 1 is 0.694 bits per heavy atom. The molecule has 5 rings (SSSR count). The predicted molar refractivity (Wildman–Crippen MR) is 148 cm³/mol. The van der Waals surface area contributed by atoms with E-state index in [2.05, 4.69) is 71.9 Å². The first-order valence-corrected chi connectivity index (χ1v) is 12.0. The summed E-state index contributed by atoms with van der Waals surface area (Å²) < 4.78 is 2.09. The van der Waals surface area contributed by atoms with Gasteiger partial charge < -0.3 is 10.0 Å². The Morgan fingerprint density at radius 3 is 1.72 bits per heavy atom. The van der Waals surface area contributed by atoms with Crippen molar-refractivity contribution < 1.29 is 14.5 Å². The normalized spacial score (nSPS) is 14.9. The summed E-state index contributed by atoms with van der Waals surface area (Å²) in [6.07, 6.45) is 7.71. The predicted octanol–water partition coefficient (Wildman–Crippen LogP) is 6.76. The van der Waals surface area contributed by atoms with Crippen LogP contribution in [0.1, 0.15) is 16.7 Å². The second-order valence-electron chi connectivity index (χ2n) is 9.31. The molecule has 2 aliphatic rings. The van der Waals surface area contributed by atoms with Gasteiger partial charge >= 0.3 is 0 Å². The van der Waals surface area contributed by atoms with Gasteiger partial charge in [0.1, 0.15) is 12.8 Å². The van der Waals surface area contributed by atoms with Crippen molar-refractivity contribution in [2.24, 2.45) is 0 Å². The molecule has 36 heavy (non-hydrogen) atoms. The number of aliphatic hydroxyl groups is 1. The second kappa shape index (κ2) is 9.31. The lowest BCUT2D eigenvalue weighted by Crippen LogP contribution is -2.23. The number of carbonyl (C=O) groups is 1. The molecule has 0 saturated carbocycles. The summed E-state index contributed by atoms with van der Waals surface area (Å²) in [4.78, 5) is 15.1. The molecular weight excluding hydrogens is 444 g/mol. The number of hydrogen-bond donors (Lipinski definition) is 1. The third-order valence-corrected chi connectivity index (χ3v) is 6.86. The lowest BCUT2D eigenvalue weighted by molar-refractivity contribution is -0.403. The number of anilines is 2. The minimum Gasteiger partial charge on any atom is -0.506 e. The summed E-state index contributed by atoms with van der Waals surface area (Å²) in [6.45, 7) is 4.13. The van der Waals surface area contributed by atoms with Crippen molar-refractivity contribution in [2.75, 3.05) is 19.0 Å². The van der Waals surface area contributed by atoms with Gasteiger partial charge in [-0.15, -0.1) is 0 Å². The standard InChI is InChI=1S/C32H28N2O2/c1-21-5-13-25(14-6-21)33(3)27-17-9-23(10-18-27)29-31(35)30(32(29)36)24-11-19-28(20-12-24)34(4)26-15-7-22(2)8-16-26/h5-20H,1-4H3/p+1. The molecule has 0 unspecified atom stereocenters. The highest BCUT2D eigenvalue weighted by atomic mass is 16.3. The first kappa shape index (κ1) is 23.3. The van der Waals surface area contributed by atoms with Crippen LogP contribution in [-0.4, -0.2) is 35.3 Å². The van der Waals surface area contributed by atoms with Crippen LogP contribution in [-0.2, 0) is 4.79 Å². The Balaban J connectivity index is 1.37. The number of Topliss-reactive ketones (excluding diaryl/α,β-unsaturated/α-hetero) is 1. The highest BCUT2D eigenvalue weighted by molar-refractivity contribution is 6.39. The number of hydrogen-bond acceptors (Lipinski definition) is 3. The topological polar surface area (TPSA) is 43.5 Å². The van der Waals surface area contributed by atoms with Crippen LogP contribution in [0.5, 0.6) is 0 Å². The van der Waals surface area contributed by atoms with E-state index in [0.717, 1.165) is 33.9 Å². The number of rotatable bonds is 4. The van der Waals surface area contributed by atoms with Crippen molar-refractivity contribution in [1.82, 2.24) is 0 Å². The van der Waals surface area contributed by atoms with E-state index in [1.165, 1.54) is 11.1 Å². The highest BCUT2D eigenvalue weighted by Crippen LogP contribution is 2.39. The largest absolute Gasteiger partial charge is 0.506 e. The van der Waals surface area contributed by atoms with Gasteiger partial charge in [-0.3, -0.25) is 4.79 Å². The van der Waals surface area contributed by atoms with Crippen LogP contribution in [0.4, 0.5) is 17.1 Å². The third-order valence-electron chi connectivity index (χ3n) is 6.86. The summed E-state index contributed by atoms with van der Waals surface area (Å²) in [5.41, 5.74) is 8.80. The fourth-order valence-electron chi connectivity index (χ4n) is 4.48. The van der Waals surface area contributed by atoms with E-state index in [9.17, 15) is 9.90 Å². The smallest absolute Gasteiger partial charge is 0.205 e. The van der Waals surface area contributed by atoms with Crippen LogP contribution in [0.2, 0.25) is 0 Å². The molecule has 0 bridgehead atoms. The molecule has 0 spiro atoms. The molecule has 0 amide bonds. The number of benzene rings is 3.